The molecule has 4 nitrogen and oxygen atoms in total. The summed E-state index contributed by atoms with van der Waals surface area (Å²) in [7, 11) is 0. The number of hydrogen-bond acceptors (Lipinski definition) is 3. The Balaban J connectivity index is 1.98. The Kier molecular flexibility index (Phi) is 4.43. The maximum absolute atomic E-state index is 5.97. The van der Waals surface area contributed by atoms with Gasteiger partial charge in [0.05, 0.1) is 12.7 Å². The average molecular weight is 251 g/mol. The second-order valence-electron chi connectivity index (χ2n) is 5.46. The van der Waals surface area contributed by atoms with Crippen LogP contribution in [0.25, 0.3) is 0 Å². The Hall–Kier alpha value is -0.840. The van der Waals surface area contributed by atoms with Gasteiger partial charge in [-0.1, -0.05) is 0 Å². The van der Waals surface area contributed by atoms with Gasteiger partial charge in [-0.15, -0.1) is 0 Å². The van der Waals surface area contributed by atoms with Gasteiger partial charge in [-0.2, -0.15) is 0 Å². The van der Waals surface area contributed by atoms with Crippen LogP contribution in [0, 0.1) is 0 Å². The van der Waals surface area contributed by atoms with Crippen molar-refractivity contribution in [1.29, 1.82) is 0 Å². The summed E-state index contributed by atoms with van der Waals surface area (Å²) in [5, 5.41) is 0. The highest BCUT2D eigenvalue weighted by molar-refractivity contribution is 5.11. The van der Waals surface area contributed by atoms with Crippen molar-refractivity contribution in [2.75, 3.05) is 19.7 Å². The predicted octanol–water partition coefficient (Wildman–Crippen LogP) is 1.62. The van der Waals surface area contributed by atoms with Crippen molar-refractivity contribution in [2.24, 2.45) is 5.73 Å². The van der Waals surface area contributed by atoms with Gasteiger partial charge in [-0.3, -0.25) is 4.90 Å². The first kappa shape index (κ1) is 13.6. The van der Waals surface area contributed by atoms with Gasteiger partial charge in [0, 0.05) is 43.6 Å². The molecule has 1 fully saturated rings. The van der Waals surface area contributed by atoms with Crippen LogP contribution in [-0.4, -0.2) is 41.3 Å². The minimum Gasteiger partial charge on any atom is -0.374 e. The zero-order valence-corrected chi connectivity index (χ0v) is 11.7. The fourth-order valence-corrected chi connectivity index (χ4v) is 2.55. The summed E-state index contributed by atoms with van der Waals surface area (Å²) < 4.78 is 8.08. The molecule has 0 saturated carbocycles. The summed E-state index contributed by atoms with van der Waals surface area (Å²) in [6, 6.07) is 4.81. The average Bonchev–Trinajstić information content (AvgIpc) is 2.77. The number of morpholine rings is 1. The lowest BCUT2D eigenvalue weighted by molar-refractivity contribution is -0.0458. The number of rotatable bonds is 4. The highest BCUT2D eigenvalue weighted by Gasteiger charge is 2.23. The van der Waals surface area contributed by atoms with Crippen LogP contribution in [0.2, 0.25) is 0 Å². The molecule has 1 aliphatic heterocycles. The Morgan fingerprint density at radius 2 is 2.22 bits per heavy atom. The molecule has 1 aromatic rings. The van der Waals surface area contributed by atoms with E-state index in [1.54, 1.807) is 0 Å². The summed E-state index contributed by atoms with van der Waals surface area (Å²) in [5.41, 5.74) is 7.15. The minimum atomic E-state index is 0.0739. The van der Waals surface area contributed by atoms with Crippen molar-refractivity contribution >= 4 is 0 Å². The number of hydrogen-bond donors (Lipinski definition) is 1. The molecule has 2 atom stereocenters. The Morgan fingerprint density at radius 1 is 1.44 bits per heavy atom. The first-order valence-electron chi connectivity index (χ1n) is 6.84. The summed E-state index contributed by atoms with van der Waals surface area (Å²) in [6.07, 6.45) is 2.36. The van der Waals surface area contributed by atoms with Crippen LogP contribution >= 0.6 is 0 Å². The SMILES string of the molecule is CC(N)c1cccn1CC1CN(C(C)C)CCO1. The van der Waals surface area contributed by atoms with Gasteiger partial charge in [-0.05, 0) is 32.9 Å². The summed E-state index contributed by atoms with van der Waals surface area (Å²) in [5.74, 6) is 0. The number of nitrogens with two attached hydrogens (primary N) is 1. The highest BCUT2D eigenvalue weighted by Crippen LogP contribution is 2.15. The minimum absolute atomic E-state index is 0.0739. The van der Waals surface area contributed by atoms with Gasteiger partial charge in [0.2, 0.25) is 0 Å². The van der Waals surface area contributed by atoms with Crippen molar-refractivity contribution in [1.82, 2.24) is 9.47 Å². The monoisotopic (exact) mass is 251 g/mol. The van der Waals surface area contributed by atoms with E-state index in [1.165, 1.54) is 5.69 Å². The molecule has 2 heterocycles. The molecule has 2 unspecified atom stereocenters. The van der Waals surface area contributed by atoms with Crippen LogP contribution in [0.5, 0.6) is 0 Å². The van der Waals surface area contributed by atoms with E-state index in [0.29, 0.717) is 6.04 Å². The molecule has 4 heteroatoms. The van der Waals surface area contributed by atoms with Crippen molar-refractivity contribution in [2.45, 2.75) is 45.5 Å². The predicted molar refractivity (Wildman–Crippen MR) is 73.5 cm³/mol. The van der Waals surface area contributed by atoms with Gasteiger partial charge in [0.1, 0.15) is 0 Å². The van der Waals surface area contributed by atoms with Gasteiger partial charge in [0.15, 0.2) is 0 Å². The maximum atomic E-state index is 5.97. The third kappa shape index (κ3) is 3.13. The van der Waals surface area contributed by atoms with E-state index in [4.69, 9.17) is 10.5 Å². The maximum Gasteiger partial charge on any atom is 0.0881 e. The zero-order valence-electron chi connectivity index (χ0n) is 11.7. The molecular weight excluding hydrogens is 226 g/mol. The molecule has 0 amide bonds. The lowest BCUT2D eigenvalue weighted by atomic mass is 10.2. The number of aromatic nitrogens is 1. The first-order chi connectivity index (χ1) is 8.58. The van der Waals surface area contributed by atoms with Crippen molar-refractivity contribution in [3.8, 4) is 0 Å². The molecule has 0 bridgehead atoms. The van der Waals surface area contributed by atoms with Crippen LogP contribution in [0.4, 0.5) is 0 Å². The van der Waals surface area contributed by atoms with Crippen LogP contribution in [0.15, 0.2) is 18.3 Å². The third-order valence-electron chi connectivity index (χ3n) is 3.63. The molecule has 102 valence electrons. The summed E-state index contributed by atoms with van der Waals surface area (Å²) in [6.45, 7) is 10.3. The molecule has 1 aliphatic rings. The summed E-state index contributed by atoms with van der Waals surface area (Å²) >= 11 is 0. The molecule has 18 heavy (non-hydrogen) atoms. The zero-order chi connectivity index (χ0) is 13.1. The lowest BCUT2D eigenvalue weighted by Gasteiger charge is -2.36. The molecule has 2 N–H and O–H groups in total. The molecule has 0 spiro atoms. The molecule has 1 aromatic heterocycles. The van der Waals surface area contributed by atoms with Gasteiger partial charge in [0.25, 0.3) is 0 Å². The Bertz CT molecular complexity index is 373. The smallest absolute Gasteiger partial charge is 0.0881 e. The highest BCUT2D eigenvalue weighted by atomic mass is 16.5. The Labute approximate surface area is 110 Å². The van der Waals surface area contributed by atoms with Crippen LogP contribution in [-0.2, 0) is 11.3 Å². The van der Waals surface area contributed by atoms with Crippen LogP contribution < -0.4 is 5.73 Å². The topological polar surface area (TPSA) is 43.4 Å². The normalized spacial score (nSPS) is 23.5. The van der Waals surface area contributed by atoms with Gasteiger partial charge < -0.3 is 15.0 Å². The van der Waals surface area contributed by atoms with E-state index < -0.39 is 0 Å². The standard InChI is InChI=1S/C14H25N3O/c1-11(2)16-7-8-18-13(9-16)10-17-6-4-5-14(17)12(3)15/h4-6,11-13H,7-10,15H2,1-3H3. The van der Waals surface area contributed by atoms with E-state index in [-0.39, 0.29) is 12.1 Å². The van der Waals surface area contributed by atoms with Gasteiger partial charge in [-0.25, -0.2) is 0 Å². The molecule has 2 rings (SSSR count). The molecule has 1 saturated heterocycles. The molecular formula is C14H25N3O. The van der Waals surface area contributed by atoms with E-state index in [2.05, 4.69) is 41.6 Å². The first-order valence-corrected chi connectivity index (χ1v) is 6.84. The van der Waals surface area contributed by atoms with E-state index in [1.807, 2.05) is 6.92 Å². The lowest BCUT2D eigenvalue weighted by Crippen LogP contribution is -2.47. The third-order valence-corrected chi connectivity index (χ3v) is 3.63. The van der Waals surface area contributed by atoms with Crippen LogP contribution in [0.1, 0.15) is 32.5 Å². The van der Waals surface area contributed by atoms with Crippen molar-refractivity contribution in [3.63, 3.8) is 0 Å². The second kappa shape index (κ2) is 5.87. The van der Waals surface area contributed by atoms with Crippen molar-refractivity contribution in [3.05, 3.63) is 24.0 Å². The molecule has 0 aromatic carbocycles. The summed E-state index contributed by atoms with van der Waals surface area (Å²) in [4.78, 5) is 2.48. The molecule has 0 aliphatic carbocycles. The second-order valence-corrected chi connectivity index (χ2v) is 5.46. The van der Waals surface area contributed by atoms with E-state index in [0.717, 1.165) is 26.2 Å². The van der Waals surface area contributed by atoms with Crippen LogP contribution in [0.3, 0.4) is 0 Å². The fraction of sp³-hybridized carbons (Fsp3) is 0.714. The number of ether oxygens (including phenoxy) is 1. The number of nitrogens with zero attached hydrogens (tertiary/aromatic N) is 2. The fourth-order valence-electron chi connectivity index (χ4n) is 2.55. The quantitative estimate of drug-likeness (QED) is 0.884. The van der Waals surface area contributed by atoms with Gasteiger partial charge >= 0.3 is 0 Å². The van der Waals surface area contributed by atoms with Crippen molar-refractivity contribution < 1.29 is 4.74 Å². The van der Waals surface area contributed by atoms with E-state index in [9.17, 15) is 0 Å². The Morgan fingerprint density at radius 3 is 2.89 bits per heavy atom. The largest absolute Gasteiger partial charge is 0.374 e. The van der Waals surface area contributed by atoms with E-state index >= 15 is 0 Å². The molecule has 0 radical (unpaired) electrons.